The zero-order chi connectivity index (χ0) is 19.6. The maximum atomic E-state index is 12.3. The van der Waals surface area contributed by atoms with Crippen molar-refractivity contribution in [3.63, 3.8) is 0 Å². The zero-order valence-corrected chi connectivity index (χ0v) is 16.0. The Bertz CT molecular complexity index is 869. The summed E-state index contributed by atoms with van der Waals surface area (Å²) in [5.74, 6) is -0.233. The summed E-state index contributed by atoms with van der Waals surface area (Å²) in [6.07, 6.45) is 7.70. The molecular formula is C23H25N3O2. The van der Waals surface area contributed by atoms with Crippen LogP contribution in [0.15, 0.2) is 73.3 Å². The minimum absolute atomic E-state index is 0.0702. The van der Waals surface area contributed by atoms with Gasteiger partial charge in [-0.2, -0.15) is 0 Å². The molecule has 1 N–H and O–H groups in total. The summed E-state index contributed by atoms with van der Waals surface area (Å²) in [7, 11) is 0. The molecule has 1 heterocycles. The number of nitrogens with one attached hydrogen (secondary N) is 1. The van der Waals surface area contributed by atoms with E-state index < -0.39 is 0 Å². The number of nitrogens with zero attached hydrogens (tertiary/aromatic N) is 2. The van der Waals surface area contributed by atoms with Crippen molar-refractivity contribution in [1.82, 2.24) is 9.97 Å². The van der Waals surface area contributed by atoms with Crippen LogP contribution in [0.2, 0.25) is 0 Å². The number of carbonyl (C=O) groups excluding carboxylic acids is 1. The number of rotatable bonds is 9. The van der Waals surface area contributed by atoms with Gasteiger partial charge in [0.25, 0.3) is 5.91 Å². The summed E-state index contributed by atoms with van der Waals surface area (Å²) < 4.78 is 6.23. The maximum Gasteiger partial charge on any atom is 0.258 e. The highest BCUT2D eigenvalue weighted by Crippen LogP contribution is 2.25. The number of aromatic nitrogens is 2. The fraction of sp³-hybridized carbons (Fsp3) is 0.261. The van der Waals surface area contributed by atoms with E-state index in [1.165, 1.54) is 24.3 Å². The molecule has 1 amide bonds. The third-order valence-corrected chi connectivity index (χ3v) is 4.45. The number of benzene rings is 2. The molecule has 3 rings (SSSR count). The molecule has 2 aromatic carbocycles. The summed E-state index contributed by atoms with van der Waals surface area (Å²) in [5.41, 5.74) is 3.36. The van der Waals surface area contributed by atoms with Gasteiger partial charge in [-0.3, -0.25) is 4.79 Å². The predicted molar refractivity (Wildman–Crippen MR) is 110 cm³/mol. The number of carbonyl (C=O) groups is 1. The molecule has 1 unspecified atom stereocenters. The summed E-state index contributed by atoms with van der Waals surface area (Å²) in [5, 5.41) is 2.88. The van der Waals surface area contributed by atoms with Crippen molar-refractivity contribution in [2.75, 3.05) is 5.32 Å². The minimum atomic E-state index is -0.233. The van der Waals surface area contributed by atoms with Gasteiger partial charge in [-0.15, -0.1) is 0 Å². The van der Waals surface area contributed by atoms with Crippen molar-refractivity contribution in [3.8, 4) is 0 Å². The predicted octanol–water partition coefficient (Wildman–Crippen LogP) is 5.18. The van der Waals surface area contributed by atoms with E-state index in [0.29, 0.717) is 12.2 Å². The summed E-state index contributed by atoms with van der Waals surface area (Å²) in [4.78, 5) is 20.0. The van der Waals surface area contributed by atoms with Gasteiger partial charge in [-0.1, -0.05) is 62.2 Å². The topological polar surface area (TPSA) is 64.1 Å². The molecule has 3 aromatic rings. The number of anilines is 1. The molecule has 0 saturated heterocycles. The molecule has 0 saturated carbocycles. The van der Waals surface area contributed by atoms with E-state index in [0.717, 1.165) is 30.5 Å². The highest BCUT2D eigenvalue weighted by atomic mass is 16.5. The minimum Gasteiger partial charge on any atom is -0.369 e. The Balaban J connectivity index is 1.63. The first-order chi connectivity index (χ1) is 13.8. The first-order valence-electron chi connectivity index (χ1n) is 9.58. The molecule has 0 aliphatic heterocycles. The lowest BCUT2D eigenvalue weighted by Gasteiger charge is -2.18. The summed E-state index contributed by atoms with van der Waals surface area (Å²) in [6, 6.07) is 18.0. The molecule has 1 aromatic heterocycles. The molecule has 5 nitrogen and oxygen atoms in total. The molecule has 1 atom stereocenters. The van der Waals surface area contributed by atoms with Crippen molar-refractivity contribution < 1.29 is 9.53 Å². The fourth-order valence-corrected chi connectivity index (χ4v) is 2.96. The molecule has 0 aliphatic rings. The molecule has 0 aliphatic carbocycles. The number of hydrogen-bond acceptors (Lipinski definition) is 4. The normalized spacial score (nSPS) is 11.8. The van der Waals surface area contributed by atoms with Gasteiger partial charge in [-0.25, -0.2) is 9.97 Å². The van der Waals surface area contributed by atoms with Crippen LogP contribution in [-0.4, -0.2) is 15.9 Å². The van der Waals surface area contributed by atoms with E-state index in [1.807, 2.05) is 42.5 Å². The first-order valence-corrected chi connectivity index (χ1v) is 9.58. The van der Waals surface area contributed by atoms with E-state index >= 15 is 0 Å². The van der Waals surface area contributed by atoms with Gasteiger partial charge in [-0.05, 0) is 29.7 Å². The maximum absolute atomic E-state index is 12.3. The Labute approximate surface area is 165 Å². The Morgan fingerprint density at radius 1 is 1.07 bits per heavy atom. The van der Waals surface area contributed by atoms with E-state index in [4.69, 9.17) is 4.74 Å². The van der Waals surface area contributed by atoms with Gasteiger partial charge in [0.2, 0.25) is 0 Å². The summed E-state index contributed by atoms with van der Waals surface area (Å²) in [6.45, 7) is 2.67. The average molecular weight is 375 g/mol. The Hall–Kier alpha value is -3.05. The van der Waals surface area contributed by atoms with Crippen LogP contribution in [-0.2, 0) is 11.3 Å². The molecule has 0 radical (unpaired) electrons. The average Bonchev–Trinajstić information content (AvgIpc) is 2.75. The Morgan fingerprint density at radius 3 is 2.61 bits per heavy atom. The van der Waals surface area contributed by atoms with Crippen LogP contribution in [0.25, 0.3) is 0 Å². The van der Waals surface area contributed by atoms with E-state index in [9.17, 15) is 4.79 Å². The first kappa shape index (κ1) is 19.7. The lowest BCUT2D eigenvalue weighted by molar-refractivity contribution is 0.0324. The van der Waals surface area contributed by atoms with Crippen LogP contribution >= 0.6 is 0 Å². The van der Waals surface area contributed by atoms with Crippen molar-refractivity contribution in [1.29, 1.82) is 0 Å². The second-order valence-corrected chi connectivity index (χ2v) is 6.63. The van der Waals surface area contributed by atoms with Gasteiger partial charge >= 0.3 is 0 Å². The van der Waals surface area contributed by atoms with Gasteiger partial charge in [0, 0.05) is 18.1 Å². The monoisotopic (exact) mass is 375 g/mol. The van der Waals surface area contributed by atoms with Crippen LogP contribution in [0.3, 0.4) is 0 Å². The fourth-order valence-electron chi connectivity index (χ4n) is 2.96. The SMILES string of the molecule is CCCCC(OCc1cccc(NC(=O)c2cncnc2)c1)c1ccccc1. The number of amides is 1. The van der Waals surface area contributed by atoms with Crippen molar-refractivity contribution >= 4 is 11.6 Å². The number of unbranched alkanes of at least 4 members (excludes halogenated alkanes) is 1. The largest absolute Gasteiger partial charge is 0.369 e. The lowest BCUT2D eigenvalue weighted by atomic mass is 10.0. The number of ether oxygens (including phenoxy) is 1. The lowest BCUT2D eigenvalue weighted by Crippen LogP contribution is -2.12. The van der Waals surface area contributed by atoms with Crippen LogP contribution in [0.1, 0.15) is 53.8 Å². The highest BCUT2D eigenvalue weighted by molar-refractivity contribution is 6.03. The van der Waals surface area contributed by atoms with Gasteiger partial charge < -0.3 is 10.1 Å². The second-order valence-electron chi connectivity index (χ2n) is 6.63. The van der Waals surface area contributed by atoms with Crippen LogP contribution < -0.4 is 5.32 Å². The highest BCUT2D eigenvalue weighted by Gasteiger charge is 2.12. The molecular weight excluding hydrogens is 350 g/mol. The Morgan fingerprint density at radius 2 is 1.86 bits per heavy atom. The smallest absolute Gasteiger partial charge is 0.258 e. The van der Waals surface area contributed by atoms with Gasteiger partial charge in [0.1, 0.15) is 6.33 Å². The van der Waals surface area contributed by atoms with Gasteiger partial charge in [0.05, 0.1) is 18.3 Å². The van der Waals surface area contributed by atoms with Crippen LogP contribution in [0.5, 0.6) is 0 Å². The molecule has 0 fully saturated rings. The third kappa shape index (κ3) is 5.72. The molecule has 5 heteroatoms. The van der Waals surface area contributed by atoms with Gasteiger partial charge in [0.15, 0.2) is 0 Å². The van der Waals surface area contributed by atoms with Crippen molar-refractivity contribution in [2.24, 2.45) is 0 Å². The quantitative estimate of drug-likeness (QED) is 0.560. The molecule has 0 spiro atoms. The van der Waals surface area contributed by atoms with Crippen LogP contribution in [0.4, 0.5) is 5.69 Å². The zero-order valence-electron chi connectivity index (χ0n) is 16.0. The van der Waals surface area contributed by atoms with E-state index in [-0.39, 0.29) is 12.0 Å². The number of hydrogen-bond donors (Lipinski definition) is 1. The van der Waals surface area contributed by atoms with E-state index in [2.05, 4.69) is 34.3 Å². The van der Waals surface area contributed by atoms with Crippen molar-refractivity contribution in [3.05, 3.63) is 90.0 Å². The van der Waals surface area contributed by atoms with E-state index in [1.54, 1.807) is 0 Å². The molecule has 144 valence electrons. The second kappa shape index (κ2) is 10.3. The standard InChI is InChI=1S/C23H25N3O2/c1-2-3-12-22(19-9-5-4-6-10-19)28-16-18-8-7-11-21(13-18)26-23(27)20-14-24-17-25-15-20/h4-11,13-15,17,22H,2-3,12,16H2,1H3,(H,26,27). The molecule has 28 heavy (non-hydrogen) atoms. The summed E-state index contributed by atoms with van der Waals surface area (Å²) >= 11 is 0. The third-order valence-electron chi connectivity index (χ3n) is 4.45. The van der Waals surface area contributed by atoms with Crippen molar-refractivity contribution in [2.45, 2.75) is 38.9 Å². The molecule has 0 bridgehead atoms. The Kier molecular flexibility index (Phi) is 7.27. The van der Waals surface area contributed by atoms with Crippen LogP contribution in [0, 0.1) is 0 Å².